The van der Waals surface area contributed by atoms with E-state index in [0.29, 0.717) is 17.8 Å². The van der Waals surface area contributed by atoms with Crippen LogP contribution in [0.15, 0.2) is 48.5 Å². The number of nitrogens with zero attached hydrogens (tertiary/aromatic N) is 1. The molecule has 0 saturated heterocycles. The molecule has 0 aromatic heterocycles. The summed E-state index contributed by atoms with van der Waals surface area (Å²) in [6.45, 7) is 2.36. The van der Waals surface area contributed by atoms with Crippen molar-refractivity contribution in [2.24, 2.45) is 0 Å². The summed E-state index contributed by atoms with van der Waals surface area (Å²) in [7, 11) is 0. The zero-order chi connectivity index (χ0) is 14.5. The van der Waals surface area contributed by atoms with Crippen LogP contribution >= 0.6 is 15.9 Å². The van der Waals surface area contributed by atoms with Crippen LogP contribution in [0.5, 0.6) is 0 Å². The average molecular weight is 336 g/mol. The fraction of sp³-hybridized carbons (Fsp3) is 0.188. The molecule has 20 heavy (non-hydrogen) atoms. The van der Waals surface area contributed by atoms with Gasteiger partial charge in [-0.1, -0.05) is 34.1 Å². The molecule has 2 aromatic carbocycles. The lowest BCUT2D eigenvalue weighted by Crippen LogP contribution is -2.30. The second-order valence-corrected chi connectivity index (χ2v) is 4.92. The van der Waals surface area contributed by atoms with Crippen molar-refractivity contribution >= 4 is 27.5 Å². The molecule has 0 spiro atoms. The lowest BCUT2D eigenvalue weighted by atomic mass is 10.1. The Morgan fingerprint density at radius 1 is 1.20 bits per heavy atom. The number of carbonyl (C=O) groups excluding carboxylic acids is 1. The summed E-state index contributed by atoms with van der Waals surface area (Å²) in [5.41, 5.74) is 2.28. The first-order valence-corrected chi connectivity index (χ1v) is 7.50. The van der Waals surface area contributed by atoms with E-state index in [2.05, 4.69) is 15.9 Å². The van der Waals surface area contributed by atoms with Crippen LogP contribution in [-0.2, 0) is 5.33 Å². The third-order valence-electron chi connectivity index (χ3n) is 3.04. The highest BCUT2D eigenvalue weighted by molar-refractivity contribution is 9.08. The van der Waals surface area contributed by atoms with Crippen molar-refractivity contribution in [2.45, 2.75) is 12.3 Å². The first-order chi connectivity index (χ1) is 9.65. The van der Waals surface area contributed by atoms with Gasteiger partial charge in [-0.25, -0.2) is 4.39 Å². The molecule has 0 unspecified atom stereocenters. The average Bonchev–Trinajstić information content (AvgIpc) is 2.48. The molecule has 0 atom stereocenters. The maximum absolute atomic E-state index is 13.3. The molecule has 2 aromatic rings. The molecule has 0 aliphatic heterocycles. The van der Waals surface area contributed by atoms with Crippen molar-refractivity contribution in [3.8, 4) is 0 Å². The molecule has 0 heterocycles. The van der Waals surface area contributed by atoms with Gasteiger partial charge < -0.3 is 4.90 Å². The Morgan fingerprint density at radius 3 is 2.45 bits per heavy atom. The van der Waals surface area contributed by atoms with Crippen molar-refractivity contribution in [1.82, 2.24) is 0 Å². The minimum Gasteiger partial charge on any atom is -0.309 e. The quantitative estimate of drug-likeness (QED) is 0.759. The van der Waals surface area contributed by atoms with Crippen LogP contribution in [0.1, 0.15) is 22.8 Å². The van der Waals surface area contributed by atoms with E-state index in [1.807, 2.05) is 19.1 Å². The summed E-state index contributed by atoms with van der Waals surface area (Å²) < 4.78 is 13.3. The van der Waals surface area contributed by atoms with Gasteiger partial charge >= 0.3 is 0 Å². The Kier molecular flexibility index (Phi) is 4.90. The third-order valence-corrected chi connectivity index (χ3v) is 3.68. The number of rotatable bonds is 4. The lowest BCUT2D eigenvalue weighted by Gasteiger charge is -2.21. The van der Waals surface area contributed by atoms with Crippen LogP contribution in [0.25, 0.3) is 0 Å². The summed E-state index contributed by atoms with van der Waals surface area (Å²) in [6, 6.07) is 13.5. The molecule has 0 fully saturated rings. The maximum atomic E-state index is 13.3. The fourth-order valence-corrected chi connectivity index (χ4v) is 2.35. The minimum absolute atomic E-state index is 0.126. The molecule has 0 aliphatic rings. The molecule has 0 saturated carbocycles. The van der Waals surface area contributed by atoms with E-state index in [0.717, 1.165) is 10.9 Å². The standard InChI is InChI=1S/C16H15BrFNO/c1-2-19(15-5-3-4-14(18)10-15)16(20)13-8-6-12(11-17)7-9-13/h3-10H,2,11H2,1H3. The monoisotopic (exact) mass is 335 g/mol. The summed E-state index contributed by atoms with van der Waals surface area (Å²) in [4.78, 5) is 14.0. The van der Waals surface area contributed by atoms with Gasteiger partial charge in [0.15, 0.2) is 0 Å². The van der Waals surface area contributed by atoms with Crippen LogP contribution in [0.2, 0.25) is 0 Å². The van der Waals surface area contributed by atoms with Gasteiger partial charge in [0.05, 0.1) is 0 Å². The molecule has 0 bridgehead atoms. The van der Waals surface area contributed by atoms with Crippen molar-refractivity contribution in [3.63, 3.8) is 0 Å². The van der Waals surface area contributed by atoms with E-state index in [1.54, 1.807) is 29.2 Å². The van der Waals surface area contributed by atoms with Gasteiger partial charge in [-0.3, -0.25) is 4.79 Å². The SMILES string of the molecule is CCN(C(=O)c1ccc(CBr)cc1)c1cccc(F)c1. The van der Waals surface area contributed by atoms with Gasteiger partial charge in [-0.2, -0.15) is 0 Å². The number of carbonyl (C=O) groups is 1. The van der Waals surface area contributed by atoms with Crippen LogP contribution < -0.4 is 4.90 Å². The van der Waals surface area contributed by atoms with Gasteiger partial charge in [-0.15, -0.1) is 0 Å². The maximum Gasteiger partial charge on any atom is 0.258 e. The van der Waals surface area contributed by atoms with E-state index < -0.39 is 0 Å². The summed E-state index contributed by atoms with van der Waals surface area (Å²) in [5.74, 6) is -0.470. The third kappa shape index (κ3) is 3.25. The van der Waals surface area contributed by atoms with Gasteiger partial charge in [-0.05, 0) is 42.8 Å². The smallest absolute Gasteiger partial charge is 0.258 e. The highest BCUT2D eigenvalue weighted by Gasteiger charge is 2.16. The lowest BCUT2D eigenvalue weighted by molar-refractivity contribution is 0.0988. The molecule has 0 N–H and O–H groups in total. The second-order valence-electron chi connectivity index (χ2n) is 4.36. The Hall–Kier alpha value is -1.68. The zero-order valence-electron chi connectivity index (χ0n) is 11.1. The van der Waals surface area contributed by atoms with Gasteiger partial charge in [0, 0.05) is 23.1 Å². The van der Waals surface area contributed by atoms with Crippen molar-refractivity contribution in [2.75, 3.05) is 11.4 Å². The summed E-state index contributed by atoms with van der Waals surface area (Å²) >= 11 is 3.37. The first-order valence-electron chi connectivity index (χ1n) is 6.38. The van der Waals surface area contributed by atoms with Gasteiger partial charge in [0.1, 0.15) is 5.82 Å². The van der Waals surface area contributed by atoms with Gasteiger partial charge in [0.2, 0.25) is 0 Å². The first kappa shape index (κ1) is 14.7. The van der Waals surface area contributed by atoms with E-state index >= 15 is 0 Å². The van der Waals surface area contributed by atoms with E-state index in [1.165, 1.54) is 12.1 Å². The van der Waals surface area contributed by atoms with Crippen molar-refractivity contribution in [3.05, 3.63) is 65.5 Å². The van der Waals surface area contributed by atoms with Crippen LogP contribution in [-0.4, -0.2) is 12.5 Å². The number of hydrogen-bond acceptors (Lipinski definition) is 1. The molecule has 1 amide bonds. The normalized spacial score (nSPS) is 10.3. The Morgan fingerprint density at radius 2 is 1.90 bits per heavy atom. The molecular formula is C16H15BrFNO. The molecule has 0 radical (unpaired) electrons. The number of halogens is 2. The van der Waals surface area contributed by atoms with Crippen LogP contribution in [0, 0.1) is 5.82 Å². The Bertz CT molecular complexity index is 598. The van der Waals surface area contributed by atoms with Crippen molar-refractivity contribution in [1.29, 1.82) is 0 Å². The molecular weight excluding hydrogens is 321 g/mol. The van der Waals surface area contributed by atoms with E-state index in [-0.39, 0.29) is 11.7 Å². The minimum atomic E-state index is -0.344. The fourth-order valence-electron chi connectivity index (χ4n) is 1.98. The largest absolute Gasteiger partial charge is 0.309 e. The number of anilines is 1. The number of alkyl halides is 1. The topological polar surface area (TPSA) is 20.3 Å². The van der Waals surface area contributed by atoms with E-state index in [4.69, 9.17) is 0 Å². The Labute approximate surface area is 126 Å². The van der Waals surface area contributed by atoms with Crippen LogP contribution in [0.4, 0.5) is 10.1 Å². The van der Waals surface area contributed by atoms with Crippen molar-refractivity contribution < 1.29 is 9.18 Å². The predicted octanol–water partition coefficient (Wildman–Crippen LogP) is 4.39. The Balaban J connectivity index is 2.28. The molecule has 2 rings (SSSR count). The number of benzene rings is 2. The molecule has 104 valence electrons. The molecule has 0 aliphatic carbocycles. The summed E-state index contributed by atoms with van der Waals surface area (Å²) in [5, 5.41) is 0.753. The van der Waals surface area contributed by atoms with E-state index in [9.17, 15) is 9.18 Å². The molecule has 2 nitrogen and oxygen atoms in total. The summed E-state index contributed by atoms with van der Waals surface area (Å²) in [6.07, 6.45) is 0. The zero-order valence-corrected chi connectivity index (χ0v) is 12.7. The second kappa shape index (κ2) is 6.66. The number of hydrogen-bond donors (Lipinski definition) is 0. The highest BCUT2D eigenvalue weighted by Crippen LogP contribution is 2.19. The predicted molar refractivity (Wildman–Crippen MR) is 82.8 cm³/mol. The highest BCUT2D eigenvalue weighted by atomic mass is 79.9. The molecule has 4 heteroatoms. The van der Waals surface area contributed by atoms with Gasteiger partial charge in [0.25, 0.3) is 5.91 Å². The number of amides is 1. The van der Waals surface area contributed by atoms with Crippen LogP contribution in [0.3, 0.4) is 0 Å².